The number of likely N-dealkylation sites (N-methyl/N-ethyl adjacent to an activating group) is 1. The fourth-order valence-electron chi connectivity index (χ4n) is 2.70. The number of urea groups is 1. The van der Waals surface area contributed by atoms with E-state index < -0.39 is 28.3 Å². The predicted molar refractivity (Wildman–Crippen MR) is 96.4 cm³/mol. The van der Waals surface area contributed by atoms with Crippen molar-refractivity contribution in [2.24, 2.45) is 0 Å². The van der Waals surface area contributed by atoms with Gasteiger partial charge in [-0.1, -0.05) is 19.1 Å². The summed E-state index contributed by atoms with van der Waals surface area (Å²) >= 11 is 0. The summed E-state index contributed by atoms with van der Waals surface area (Å²) in [5.74, 6) is -1.06. The molecule has 2 unspecified atom stereocenters. The largest absolute Gasteiger partial charge is 0.344 e. The van der Waals surface area contributed by atoms with Crippen LogP contribution in [0.5, 0.6) is 0 Å². The van der Waals surface area contributed by atoms with Crippen molar-refractivity contribution < 1.29 is 19.3 Å². The standard InChI is InChI=1S/C17H23N5O5/c1-5-17(3)15(24)21(16(25)18-17)19-14(23)10-20(4)11(2)12-7-6-8-13(9-12)22(26)27/h6-9,11H,5,10H2,1-4H3,(H,18,25)(H,19,23). The number of imide groups is 1. The van der Waals surface area contributed by atoms with Crippen molar-refractivity contribution in [2.75, 3.05) is 13.6 Å². The zero-order valence-corrected chi connectivity index (χ0v) is 15.7. The first-order valence-corrected chi connectivity index (χ1v) is 8.50. The van der Waals surface area contributed by atoms with Gasteiger partial charge in [-0.2, -0.15) is 5.01 Å². The van der Waals surface area contributed by atoms with Crippen molar-refractivity contribution in [3.05, 3.63) is 39.9 Å². The highest BCUT2D eigenvalue weighted by Gasteiger charge is 2.47. The quantitative estimate of drug-likeness (QED) is 0.420. The van der Waals surface area contributed by atoms with E-state index in [-0.39, 0.29) is 18.3 Å². The molecule has 1 aliphatic rings. The minimum absolute atomic E-state index is 0.0320. The molecule has 0 bridgehead atoms. The first-order chi connectivity index (χ1) is 12.6. The molecule has 1 saturated heterocycles. The Labute approximate surface area is 156 Å². The number of nitrogens with zero attached hydrogens (tertiary/aromatic N) is 3. The van der Waals surface area contributed by atoms with E-state index in [9.17, 15) is 24.5 Å². The topological polar surface area (TPSA) is 125 Å². The van der Waals surface area contributed by atoms with Crippen LogP contribution in [0.4, 0.5) is 10.5 Å². The average Bonchev–Trinajstić information content (AvgIpc) is 2.84. The summed E-state index contributed by atoms with van der Waals surface area (Å²) < 4.78 is 0. The predicted octanol–water partition coefficient (Wildman–Crippen LogP) is 1.34. The SMILES string of the molecule is CCC1(C)NC(=O)N(NC(=O)CN(C)C(C)c2cccc([N+](=O)[O-])c2)C1=O. The second-order valence-electron chi connectivity index (χ2n) is 6.73. The molecule has 0 spiro atoms. The highest BCUT2D eigenvalue weighted by atomic mass is 16.6. The minimum atomic E-state index is -1.04. The van der Waals surface area contributed by atoms with Gasteiger partial charge >= 0.3 is 6.03 Å². The van der Waals surface area contributed by atoms with Gasteiger partial charge in [0.25, 0.3) is 17.5 Å². The molecule has 1 heterocycles. The van der Waals surface area contributed by atoms with Crippen molar-refractivity contribution in [3.63, 3.8) is 0 Å². The Morgan fingerprint density at radius 3 is 2.67 bits per heavy atom. The maximum absolute atomic E-state index is 12.3. The van der Waals surface area contributed by atoms with Crippen molar-refractivity contribution >= 4 is 23.5 Å². The molecule has 10 nitrogen and oxygen atoms in total. The van der Waals surface area contributed by atoms with Crippen molar-refractivity contribution in [1.82, 2.24) is 20.7 Å². The number of benzene rings is 1. The number of carbonyl (C=O) groups is 3. The van der Waals surface area contributed by atoms with Gasteiger partial charge in [0.1, 0.15) is 5.54 Å². The number of hydrogen-bond acceptors (Lipinski definition) is 6. The Kier molecular flexibility index (Phi) is 5.79. The number of hydrogen-bond donors (Lipinski definition) is 2. The van der Waals surface area contributed by atoms with Gasteiger partial charge in [-0.3, -0.25) is 30.0 Å². The van der Waals surface area contributed by atoms with Crippen molar-refractivity contribution in [2.45, 2.75) is 38.8 Å². The maximum atomic E-state index is 12.3. The lowest BCUT2D eigenvalue weighted by Crippen LogP contribution is -2.51. The lowest BCUT2D eigenvalue weighted by atomic mass is 10.00. The van der Waals surface area contributed by atoms with E-state index in [4.69, 9.17) is 0 Å². The van der Waals surface area contributed by atoms with Crippen LogP contribution in [0.1, 0.15) is 38.8 Å². The second kappa shape index (κ2) is 7.70. The number of nitro groups is 1. The number of rotatable bonds is 7. The van der Waals surface area contributed by atoms with Gasteiger partial charge in [0.2, 0.25) is 0 Å². The zero-order valence-electron chi connectivity index (χ0n) is 15.7. The Balaban J connectivity index is 2.01. The second-order valence-corrected chi connectivity index (χ2v) is 6.73. The third-order valence-corrected chi connectivity index (χ3v) is 4.82. The van der Waals surface area contributed by atoms with E-state index >= 15 is 0 Å². The summed E-state index contributed by atoms with van der Waals surface area (Å²) in [5, 5.41) is 14.1. The molecule has 27 heavy (non-hydrogen) atoms. The summed E-state index contributed by atoms with van der Waals surface area (Å²) in [6.45, 7) is 5.05. The fraction of sp³-hybridized carbons (Fsp3) is 0.471. The molecule has 1 aliphatic heterocycles. The van der Waals surface area contributed by atoms with Gasteiger partial charge in [-0.25, -0.2) is 4.79 Å². The molecule has 2 N–H and O–H groups in total. The van der Waals surface area contributed by atoms with E-state index in [1.807, 2.05) is 0 Å². The van der Waals surface area contributed by atoms with Crippen molar-refractivity contribution in [3.8, 4) is 0 Å². The zero-order chi connectivity index (χ0) is 20.4. The Morgan fingerprint density at radius 1 is 1.44 bits per heavy atom. The smallest absolute Gasteiger partial charge is 0.322 e. The molecule has 0 aliphatic carbocycles. The van der Waals surface area contributed by atoms with Gasteiger partial charge in [-0.15, -0.1) is 0 Å². The molecule has 1 fully saturated rings. The van der Waals surface area contributed by atoms with Gasteiger partial charge in [0.05, 0.1) is 11.5 Å². The lowest BCUT2D eigenvalue weighted by molar-refractivity contribution is -0.384. The highest BCUT2D eigenvalue weighted by molar-refractivity contribution is 6.07. The normalized spacial score (nSPS) is 20.6. The molecular formula is C17H23N5O5. The molecule has 4 amide bonds. The van der Waals surface area contributed by atoms with Crippen LogP contribution in [-0.4, -0.2) is 51.8 Å². The molecule has 0 radical (unpaired) electrons. The number of nitro benzene ring substituents is 1. The van der Waals surface area contributed by atoms with Gasteiger partial charge in [0.15, 0.2) is 0 Å². The highest BCUT2D eigenvalue weighted by Crippen LogP contribution is 2.23. The molecule has 2 rings (SSSR count). The van der Waals surface area contributed by atoms with E-state index in [1.165, 1.54) is 12.1 Å². The molecule has 0 saturated carbocycles. The summed E-state index contributed by atoms with van der Waals surface area (Å²) in [6, 6.07) is 5.19. The Morgan fingerprint density at radius 2 is 2.11 bits per heavy atom. The molecular weight excluding hydrogens is 354 g/mol. The summed E-state index contributed by atoms with van der Waals surface area (Å²) in [6.07, 6.45) is 0.396. The van der Waals surface area contributed by atoms with E-state index in [2.05, 4.69) is 10.7 Å². The van der Waals surface area contributed by atoms with Crippen molar-refractivity contribution in [1.29, 1.82) is 0 Å². The van der Waals surface area contributed by atoms with E-state index in [1.54, 1.807) is 44.9 Å². The first kappa shape index (κ1) is 20.3. The molecule has 2 atom stereocenters. The molecule has 10 heteroatoms. The first-order valence-electron chi connectivity index (χ1n) is 8.50. The minimum Gasteiger partial charge on any atom is -0.322 e. The third-order valence-electron chi connectivity index (χ3n) is 4.82. The van der Waals surface area contributed by atoms with Crippen LogP contribution >= 0.6 is 0 Å². The third kappa shape index (κ3) is 4.22. The molecule has 1 aromatic carbocycles. The van der Waals surface area contributed by atoms with Crippen LogP contribution in [0.25, 0.3) is 0 Å². The molecule has 146 valence electrons. The average molecular weight is 377 g/mol. The number of nitrogens with one attached hydrogen (secondary N) is 2. The van der Waals surface area contributed by atoms with Gasteiger partial charge in [0, 0.05) is 18.2 Å². The number of hydrazine groups is 1. The lowest BCUT2D eigenvalue weighted by Gasteiger charge is -2.25. The number of amides is 4. The van der Waals surface area contributed by atoms with E-state index in [0.717, 1.165) is 0 Å². The summed E-state index contributed by atoms with van der Waals surface area (Å²) in [7, 11) is 1.67. The van der Waals surface area contributed by atoms with Crippen LogP contribution in [0.2, 0.25) is 0 Å². The maximum Gasteiger partial charge on any atom is 0.344 e. The summed E-state index contributed by atoms with van der Waals surface area (Å²) in [4.78, 5) is 48.6. The number of non-ortho nitro benzene ring substituents is 1. The molecule has 1 aromatic rings. The fourth-order valence-corrected chi connectivity index (χ4v) is 2.70. The van der Waals surface area contributed by atoms with Gasteiger partial charge < -0.3 is 5.32 Å². The summed E-state index contributed by atoms with van der Waals surface area (Å²) in [5.41, 5.74) is 1.92. The Bertz CT molecular complexity index is 783. The Hall–Kier alpha value is -3.01. The van der Waals surface area contributed by atoms with Crippen LogP contribution < -0.4 is 10.7 Å². The number of carbonyl (C=O) groups excluding carboxylic acids is 3. The monoisotopic (exact) mass is 377 g/mol. The van der Waals surface area contributed by atoms with Crippen LogP contribution in [0, 0.1) is 10.1 Å². The van der Waals surface area contributed by atoms with Crippen LogP contribution in [0.15, 0.2) is 24.3 Å². The van der Waals surface area contributed by atoms with Gasteiger partial charge in [-0.05, 0) is 32.9 Å². The van der Waals surface area contributed by atoms with E-state index in [0.29, 0.717) is 17.0 Å². The van der Waals surface area contributed by atoms with Crippen LogP contribution in [-0.2, 0) is 9.59 Å². The van der Waals surface area contributed by atoms with Crippen LogP contribution in [0.3, 0.4) is 0 Å². The molecule has 0 aromatic heterocycles.